The number of amidine groups is 2. The molecule has 0 aromatic heterocycles. The number of carbonyl (C=O) groups excluding carboxylic acids is 1. The summed E-state index contributed by atoms with van der Waals surface area (Å²) in [6.07, 6.45) is 5.02. The van der Waals surface area contributed by atoms with Crippen molar-refractivity contribution in [3.63, 3.8) is 0 Å². The lowest BCUT2D eigenvalue weighted by molar-refractivity contribution is -0.128. The maximum absolute atomic E-state index is 11.7. The van der Waals surface area contributed by atoms with E-state index < -0.39 is 6.04 Å². The Morgan fingerprint density at radius 1 is 1.48 bits per heavy atom. The van der Waals surface area contributed by atoms with Gasteiger partial charge in [-0.05, 0) is 26.0 Å². The van der Waals surface area contributed by atoms with Gasteiger partial charge in [-0.3, -0.25) is 9.79 Å². The average Bonchev–Trinajstić information content (AvgIpc) is 2.52. The Morgan fingerprint density at radius 3 is 2.71 bits per heavy atom. The van der Waals surface area contributed by atoms with Crippen molar-refractivity contribution in [3.05, 3.63) is 24.8 Å². The smallest absolute Gasteiger partial charge is 0.247 e. The van der Waals surface area contributed by atoms with Crippen molar-refractivity contribution in [1.82, 2.24) is 9.80 Å². The summed E-state index contributed by atoms with van der Waals surface area (Å²) in [6.45, 7) is 8.73. The van der Waals surface area contributed by atoms with Crippen LogP contribution in [0.4, 0.5) is 0 Å². The van der Waals surface area contributed by atoms with Crippen molar-refractivity contribution >= 4 is 17.6 Å². The molecule has 0 spiro atoms. The molecular formula is C15H21N5O. The van der Waals surface area contributed by atoms with Gasteiger partial charge >= 0.3 is 0 Å². The first-order chi connectivity index (χ1) is 10.1. The van der Waals surface area contributed by atoms with Gasteiger partial charge in [0.05, 0.1) is 12.6 Å². The van der Waals surface area contributed by atoms with E-state index in [1.54, 1.807) is 7.05 Å². The predicted octanol–water partition coefficient (Wildman–Crippen LogP) is 1.23. The van der Waals surface area contributed by atoms with Gasteiger partial charge in [0.25, 0.3) is 0 Å². The van der Waals surface area contributed by atoms with Crippen LogP contribution in [0.2, 0.25) is 0 Å². The standard InChI is InChI=1S/C15H21N5O/c1-5-7-14(18-12(3)17-4)19-8-9-20(15(21)6-2)13(10-16)11-19/h5-7,13H,2,8-9,11H2,1,3-4H3/b7-5+,17-12?,18-14?. The molecular weight excluding hydrogens is 266 g/mol. The number of rotatable bonds is 2. The van der Waals surface area contributed by atoms with Crippen LogP contribution in [0.5, 0.6) is 0 Å². The number of nitriles is 1. The van der Waals surface area contributed by atoms with Crippen LogP contribution in [0.1, 0.15) is 13.8 Å². The van der Waals surface area contributed by atoms with Crippen molar-refractivity contribution in [2.24, 2.45) is 9.98 Å². The minimum atomic E-state index is -0.501. The minimum Gasteiger partial charge on any atom is -0.352 e. The zero-order valence-corrected chi connectivity index (χ0v) is 12.8. The van der Waals surface area contributed by atoms with Gasteiger partial charge in [0.1, 0.15) is 17.7 Å². The molecule has 1 aliphatic heterocycles. The maximum atomic E-state index is 11.7. The van der Waals surface area contributed by atoms with E-state index in [0.29, 0.717) is 25.5 Å². The zero-order chi connectivity index (χ0) is 15.8. The lowest BCUT2D eigenvalue weighted by Crippen LogP contribution is -2.55. The Hall–Kier alpha value is -2.42. The number of hydrogen-bond acceptors (Lipinski definition) is 3. The third kappa shape index (κ3) is 4.28. The number of aliphatic imine (C=N–C) groups is 2. The third-order valence-electron chi connectivity index (χ3n) is 3.23. The summed E-state index contributed by atoms with van der Waals surface area (Å²) < 4.78 is 0. The first-order valence-corrected chi connectivity index (χ1v) is 6.79. The SMILES string of the molecule is C=CC(=O)N1CCN(C(/C=C/C)=NC(C)=NC)CC1C#N. The molecule has 0 aromatic rings. The van der Waals surface area contributed by atoms with E-state index in [-0.39, 0.29) is 5.91 Å². The average molecular weight is 287 g/mol. The fraction of sp³-hybridized carbons (Fsp3) is 0.467. The quantitative estimate of drug-likeness (QED) is 0.435. The molecule has 6 nitrogen and oxygen atoms in total. The summed E-state index contributed by atoms with van der Waals surface area (Å²) in [4.78, 5) is 23.7. The van der Waals surface area contributed by atoms with Gasteiger partial charge in [-0.25, -0.2) is 4.99 Å². The second-order valence-electron chi connectivity index (χ2n) is 4.57. The van der Waals surface area contributed by atoms with Crippen LogP contribution in [0.3, 0.4) is 0 Å². The minimum absolute atomic E-state index is 0.211. The van der Waals surface area contributed by atoms with Crippen molar-refractivity contribution in [3.8, 4) is 6.07 Å². The Morgan fingerprint density at radius 2 is 2.19 bits per heavy atom. The number of hydrogen-bond donors (Lipinski definition) is 0. The molecule has 21 heavy (non-hydrogen) atoms. The van der Waals surface area contributed by atoms with Crippen molar-refractivity contribution < 1.29 is 4.79 Å². The summed E-state index contributed by atoms with van der Waals surface area (Å²) >= 11 is 0. The summed E-state index contributed by atoms with van der Waals surface area (Å²) in [7, 11) is 1.69. The highest BCUT2D eigenvalue weighted by Gasteiger charge is 2.30. The molecule has 0 N–H and O–H groups in total. The Kier molecular flexibility index (Phi) is 6.34. The summed E-state index contributed by atoms with van der Waals surface area (Å²) in [5.74, 6) is 1.21. The summed E-state index contributed by atoms with van der Waals surface area (Å²) in [6, 6.07) is 1.67. The van der Waals surface area contributed by atoms with Gasteiger partial charge in [-0.15, -0.1) is 0 Å². The third-order valence-corrected chi connectivity index (χ3v) is 3.23. The highest BCUT2D eigenvalue weighted by Crippen LogP contribution is 2.11. The molecule has 6 heteroatoms. The van der Waals surface area contributed by atoms with Gasteiger partial charge in [0.2, 0.25) is 5.91 Å². The molecule has 1 amide bonds. The topological polar surface area (TPSA) is 72.1 Å². The summed E-state index contributed by atoms with van der Waals surface area (Å²) in [5, 5.41) is 9.28. The molecule has 0 bridgehead atoms. The second kappa shape index (κ2) is 8.00. The summed E-state index contributed by atoms with van der Waals surface area (Å²) in [5.41, 5.74) is 0. The van der Waals surface area contributed by atoms with Gasteiger partial charge in [-0.1, -0.05) is 12.7 Å². The van der Waals surface area contributed by atoms with E-state index in [4.69, 9.17) is 0 Å². The second-order valence-corrected chi connectivity index (χ2v) is 4.57. The van der Waals surface area contributed by atoms with E-state index >= 15 is 0 Å². The van der Waals surface area contributed by atoms with Gasteiger partial charge < -0.3 is 9.80 Å². The van der Waals surface area contributed by atoms with Crippen molar-refractivity contribution in [1.29, 1.82) is 5.26 Å². The highest BCUT2D eigenvalue weighted by atomic mass is 16.2. The van der Waals surface area contributed by atoms with Crippen LogP contribution in [-0.2, 0) is 4.79 Å². The fourth-order valence-electron chi connectivity index (χ4n) is 2.06. The molecule has 0 radical (unpaired) electrons. The Labute approximate surface area is 125 Å². The van der Waals surface area contributed by atoms with Crippen molar-refractivity contribution in [2.45, 2.75) is 19.9 Å². The monoisotopic (exact) mass is 287 g/mol. The maximum Gasteiger partial charge on any atom is 0.247 e. The molecule has 1 atom stereocenters. The Balaban J connectivity index is 2.96. The van der Waals surface area contributed by atoms with E-state index in [9.17, 15) is 10.1 Å². The van der Waals surface area contributed by atoms with Gasteiger partial charge in [-0.2, -0.15) is 5.26 Å². The van der Waals surface area contributed by atoms with Gasteiger partial charge in [0.15, 0.2) is 0 Å². The molecule has 112 valence electrons. The zero-order valence-electron chi connectivity index (χ0n) is 12.8. The van der Waals surface area contributed by atoms with Crippen LogP contribution >= 0.6 is 0 Å². The Bertz CT molecular complexity index is 527. The molecule has 1 unspecified atom stereocenters. The molecule has 1 aliphatic rings. The molecule has 0 saturated carbocycles. The highest BCUT2D eigenvalue weighted by molar-refractivity contribution is 6.02. The molecule has 1 rings (SSSR count). The predicted molar refractivity (Wildman–Crippen MR) is 84.2 cm³/mol. The van der Waals surface area contributed by atoms with E-state index in [2.05, 4.69) is 22.6 Å². The van der Waals surface area contributed by atoms with Crippen LogP contribution in [0.25, 0.3) is 0 Å². The largest absolute Gasteiger partial charge is 0.352 e. The molecule has 0 aromatic carbocycles. The number of piperazine rings is 1. The lowest BCUT2D eigenvalue weighted by Gasteiger charge is -2.38. The number of nitrogens with zero attached hydrogens (tertiary/aromatic N) is 5. The van der Waals surface area contributed by atoms with E-state index in [1.165, 1.54) is 11.0 Å². The van der Waals surface area contributed by atoms with Crippen LogP contribution in [-0.4, -0.2) is 60.1 Å². The molecule has 1 saturated heterocycles. The molecule has 0 aliphatic carbocycles. The first kappa shape index (κ1) is 16.6. The molecule has 1 fully saturated rings. The number of amides is 1. The van der Waals surface area contributed by atoms with E-state index in [1.807, 2.05) is 30.9 Å². The number of allylic oxidation sites excluding steroid dienone is 1. The van der Waals surface area contributed by atoms with Crippen LogP contribution in [0, 0.1) is 11.3 Å². The number of carbonyl (C=O) groups is 1. The molecule has 1 heterocycles. The lowest BCUT2D eigenvalue weighted by atomic mass is 10.1. The normalized spacial score (nSPS) is 20.6. The first-order valence-electron chi connectivity index (χ1n) is 6.79. The van der Waals surface area contributed by atoms with Crippen molar-refractivity contribution in [2.75, 3.05) is 26.7 Å². The van der Waals surface area contributed by atoms with Gasteiger partial charge in [0, 0.05) is 20.1 Å². The van der Waals surface area contributed by atoms with Crippen LogP contribution < -0.4 is 0 Å². The van der Waals surface area contributed by atoms with E-state index in [0.717, 1.165) is 5.84 Å². The fourth-order valence-corrected chi connectivity index (χ4v) is 2.06. The van der Waals surface area contributed by atoms with Crippen LogP contribution in [0.15, 0.2) is 34.8 Å².